The van der Waals surface area contributed by atoms with Gasteiger partial charge in [0.05, 0.1) is 12.1 Å². The van der Waals surface area contributed by atoms with Crippen molar-refractivity contribution in [1.82, 2.24) is 21.3 Å². The number of nitrogens with one attached hydrogen (secondary N) is 4. The van der Waals surface area contributed by atoms with Crippen LogP contribution in [0.5, 0.6) is 0 Å². The second-order valence-corrected chi connectivity index (χ2v) is 12.4. The molecule has 0 aliphatic rings. The summed E-state index contributed by atoms with van der Waals surface area (Å²) in [7, 11) is 0. The lowest BCUT2D eigenvalue weighted by Gasteiger charge is -2.26. The molecule has 0 fully saturated rings. The number of carboxylic acid groups (broad SMARTS) is 1. The van der Waals surface area contributed by atoms with Crippen LogP contribution in [0.25, 0.3) is 11.0 Å². The summed E-state index contributed by atoms with van der Waals surface area (Å²) in [6, 6.07) is 14.1. The van der Waals surface area contributed by atoms with E-state index in [0.29, 0.717) is 11.0 Å². The van der Waals surface area contributed by atoms with Crippen LogP contribution in [-0.4, -0.2) is 53.0 Å². The number of amides is 4. The molecule has 1 heterocycles. The van der Waals surface area contributed by atoms with E-state index in [1.807, 2.05) is 45.9 Å². The van der Waals surface area contributed by atoms with Crippen molar-refractivity contribution < 1.29 is 38.2 Å². The summed E-state index contributed by atoms with van der Waals surface area (Å²) in [5, 5.41) is 20.4. The normalized spacial score (nSPS) is 13.0. The van der Waals surface area contributed by atoms with Crippen LogP contribution in [-0.2, 0) is 37.1 Å². The van der Waals surface area contributed by atoms with Crippen LogP contribution in [0, 0.1) is 11.8 Å². The highest BCUT2D eigenvalue weighted by Gasteiger charge is 2.31. The van der Waals surface area contributed by atoms with E-state index in [2.05, 4.69) is 21.3 Å². The van der Waals surface area contributed by atoms with Crippen molar-refractivity contribution in [2.75, 3.05) is 0 Å². The van der Waals surface area contributed by atoms with Gasteiger partial charge < -0.3 is 35.5 Å². The number of benzene rings is 2. The lowest BCUT2D eigenvalue weighted by molar-refractivity contribution is -0.138. The van der Waals surface area contributed by atoms with Crippen molar-refractivity contribution in [3.63, 3.8) is 0 Å². The first-order chi connectivity index (χ1) is 22.8. The Labute approximate surface area is 278 Å². The van der Waals surface area contributed by atoms with Gasteiger partial charge in [-0.3, -0.25) is 19.2 Å². The molecular formula is C35H44N4O9. The molecule has 0 saturated heterocycles. The Morgan fingerprint density at radius 3 is 1.98 bits per heavy atom. The van der Waals surface area contributed by atoms with Crippen molar-refractivity contribution in [2.24, 2.45) is 11.8 Å². The number of carbonyl (C=O) groups excluding carboxylic acids is 4. The third-order valence-corrected chi connectivity index (χ3v) is 7.32. The van der Waals surface area contributed by atoms with Crippen molar-refractivity contribution in [2.45, 2.75) is 84.7 Å². The molecule has 0 aliphatic carbocycles. The van der Waals surface area contributed by atoms with E-state index in [1.54, 1.807) is 42.5 Å². The summed E-state index contributed by atoms with van der Waals surface area (Å²) in [4.78, 5) is 76.6. The summed E-state index contributed by atoms with van der Waals surface area (Å²) >= 11 is 0. The van der Waals surface area contributed by atoms with E-state index in [4.69, 9.17) is 9.15 Å². The highest BCUT2D eigenvalue weighted by molar-refractivity contribution is 5.94. The van der Waals surface area contributed by atoms with Gasteiger partial charge in [0.1, 0.15) is 30.3 Å². The Morgan fingerprint density at radius 2 is 1.35 bits per heavy atom. The van der Waals surface area contributed by atoms with Gasteiger partial charge in [-0.2, -0.15) is 0 Å². The van der Waals surface area contributed by atoms with E-state index in [1.165, 1.54) is 0 Å². The van der Waals surface area contributed by atoms with Gasteiger partial charge >= 0.3 is 17.7 Å². The summed E-state index contributed by atoms with van der Waals surface area (Å²) < 4.78 is 10.6. The maximum absolute atomic E-state index is 13.5. The third kappa shape index (κ3) is 12.2. The van der Waals surface area contributed by atoms with Crippen LogP contribution in [0.15, 0.2) is 69.9 Å². The number of rotatable bonds is 17. The number of carboxylic acids is 1. The molecule has 13 nitrogen and oxygen atoms in total. The first-order valence-corrected chi connectivity index (χ1v) is 15.9. The largest absolute Gasteiger partial charge is 0.481 e. The maximum atomic E-state index is 13.5. The molecule has 0 radical (unpaired) electrons. The molecule has 0 spiro atoms. The Hall–Kier alpha value is -5.20. The Kier molecular flexibility index (Phi) is 14.1. The molecule has 3 rings (SSSR count). The predicted octanol–water partition coefficient (Wildman–Crippen LogP) is 3.63. The Bertz CT molecular complexity index is 1620. The second kappa shape index (κ2) is 18.2. The predicted molar refractivity (Wildman–Crippen MR) is 178 cm³/mol. The molecular weight excluding hydrogens is 620 g/mol. The van der Waals surface area contributed by atoms with Crippen molar-refractivity contribution in [3.8, 4) is 0 Å². The molecule has 48 heavy (non-hydrogen) atoms. The molecule has 4 amide bonds. The minimum Gasteiger partial charge on any atom is -0.481 e. The van der Waals surface area contributed by atoms with E-state index >= 15 is 0 Å². The zero-order valence-corrected chi connectivity index (χ0v) is 27.6. The summed E-state index contributed by atoms with van der Waals surface area (Å²) in [6.07, 6.45) is -1.02. The summed E-state index contributed by atoms with van der Waals surface area (Å²) in [5.41, 5.74) is 0.681. The van der Waals surface area contributed by atoms with Crippen LogP contribution in [0.4, 0.5) is 4.79 Å². The number of hydrogen-bond donors (Lipinski definition) is 5. The van der Waals surface area contributed by atoms with Gasteiger partial charge in [0.15, 0.2) is 0 Å². The quantitative estimate of drug-likeness (QED) is 0.134. The van der Waals surface area contributed by atoms with Crippen LogP contribution in [0.2, 0.25) is 0 Å². The number of fused-ring (bicyclic) bond motifs is 1. The molecule has 258 valence electrons. The van der Waals surface area contributed by atoms with Crippen LogP contribution >= 0.6 is 0 Å². The average molecular weight is 665 g/mol. The monoisotopic (exact) mass is 664 g/mol. The number of carbonyl (C=O) groups is 5. The fourth-order valence-corrected chi connectivity index (χ4v) is 4.93. The lowest BCUT2D eigenvalue weighted by atomic mass is 9.99. The number of hydrogen-bond acceptors (Lipinski definition) is 8. The SMILES string of the molecule is CC(C)C[C@H](NC(=O)OCc1ccccc1)C(=O)N[C@@H](CC(C)C)C(=O)N[C@@H](CCC(=O)O)C(=O)NCc1cc2ccccc2oc1=O. The Morgan fingerprint density at radius 1 is 0.771 bits per heavy atom. The Balaban J connectivity index is 1.70. The molecule has 0 unspecified atom stereocenters. The van der Waals surface area contributed by atoms with Crippen molar-refractivity contribution in [3.05, 3.63) is 82.2 Å². The van der Waals surface area contributed by atoms with E-state index in [0.717, 1.165) is 5.56 Å². The lowest BCUT2D eigenvalue weighted by Crippen LogP contribution is -2.57. The molecule has 1 aromatic heterocycles. The van der Waals surface area contributed by atoms with Gasteiger partial charge in [0.25, 0.3) is 0 Å². The summed E-state index contributed by atoms with van der Waals surface area (Å²) in [6.45, 7) is 7.24. The van der Waals surface area contributed by atoms with Gasteiger partial charge in [-0.1, -0.05) is 76.2 Å². The maximum Gasteiger partial charge on any atom is 0.408 e. The van der Waals surface area contributed by atoms with Crippen molar-refractivity contribution >= 4 is 40.8 Å². The van der Waals surface area contributed by atoms with Crippen LogP contribution < -0.4 is 26.9 Å². The standard InChI is InChI=1S/C35H44N4O9/c1-21(2)16-27(38-33(44)28(17-22(3)4)39-35(46)47-20-23-10-6-5-7-11-23)32(43)37-26(14-15-30(40)41)31(42)36-19-25-18-24-12-8-9-13-29(24)48-34(25)45/h5-13,18,21-22,26-28H,14-17,19-20H2,1-4H3,(H,36,42)(H,37,43)(H,38,44)(H,39,46)(H,40,41)/t26-,27-,28-/m0/s1. The second-order valence-electron chi connectivity index (χ2n) is 12.4. The molecule has 0 aliphatic heterocycles. The number of para-hydroxylation sites is 1. The minimum atomic E-state index is -1.29. The molecule has 0 saturated carbocycles. The zero-order chi connectivity index (χ0) is 35.2. The highest BCUT2D eigenvalue weighted by Crippen LogP contribution is 2.13. The molecule has 0 bridgehead atoms. The van der Waals surface area contributed by atoms with E-state index in [9.17, 15) is 33.9 Å². The van der Waals surface area contributed by atoms with Gasteiger partial charge in [-0.25, -0.2) is 9.59 Å². The summed E-state index contributed by atoms with van der Waals surface area (Å²) in [5.74, 6) is -3.27. The molecule has 2 aromatic carbocycles. The van der Waals surface area contributed by atoms with Gasteiger partial charge in [-0.05, 0) is 48.8 Å². The van der Waals surface area contributed by atoms with Crippen LogP contribution in [0.1, 0.15) is 64.5 Å². The van der Waals surface area contributed by atoms with Crippen LogP contribution in [0.3, 0.4) is 0 Å². The molecule has 3 aromatic rings. The fourth-order valence-electron chi connectivity index (χ4n) is 4.93. The third-order valence-electron chi connectivity index (χ3n) is 7.32. The van der Waals surface area contributed by atoms with Gasteiger partial charge in [-0.15, -0.1) is 0 Å². The fraction of sp³-hybridized carbons (Fsp3) is 0.429. The molecule has 13 heteroatoms. The minimum absolute atomic E-state index is 0.00156. The number of ether oxygens (including phenoxy) is 1. The zero-order valence-electron chi connectivity index (χ0n) is 27.6. The smallest absolute Gasteiger partial charge is 0.408 e. The van der Waals surface area contributed by atoms with Gasteiger partial charge in [0, 0.05) is 11.8 Å². The highest BCUT2D eigenvalue weighted by atomic mass is 16.5. The molecule has 3 atom stereocenters. The first-order valence-electron chi connectivity index (χ1n) is 15.9. The first kappa shape index (κ1) is 37.3. The van der Waals surface area contributed by atoms with E-state index in [-0.39, 0.29) is 49.8 Å². The average Bonchev–Trinajstić information content (AvgIpc) is 3.03. The number of alkyl carbamates (subject to hydrolysis) is 1. The number of aliphatic carboxylic acids is 1. The van der Waals surface area contributed by atoms with Crippen molar-refractivity contribution in [1.29, 1.82) is 0 Å². The van der Waals surface area contributed by atoms with Gasteiger partial charge in [0.2, 0.25) is 17.7 Å². The molecule has 5 N–H and O–H groups in total. The topological polar surface area (TPSA) is 193 Å². The van der Waals surface area contributed by atoms with E-state index < -0.39 is 60.0 Å².